The number of amides is 1. The van der Waals surface area contributed by atoms with E-state index in [0.29, 0.717) is 43.1 Å². The minimum atomic E-state index is -0.670. The second-order valence-electron chi connectivity index (χ2n) is 6.23. The van der Waals surface area contributed by atoms with Crippen molar-refractivity contribution in [3.05, 3.63) is 23.8 Å². The molecule has 126 valence electrons. The summed E-state index contributed by atoms with van der Waals surface area (Å²) in [6.07, 6.45) is 2.60. The number of hydrogen-bond acceptors (Lipinski definition) is 5. The number of carbonyl (C=O) groups is 2. The van der Waals surface area contributed by atoms with Crippen LogP contribution >= 0.6 is 0 Å². The monoisotopic (exact) mass is 328 g/mol. The van der Waals surface area contributed by atoms with E-state index in [2.05, 4.69) is 6.07 Å². The first kappa shape index (κ1) is 16.3. The van der Waals surface area contributed by atoms with Gasteiger partial charge < -0.3 is 14.4 Å². The van der Waals surface area contributed by atoms with Gasteiger partial charge in [-0.25, -0.2) is 0 Å². The van der Waals surface area contributed by atoms with E-state index in [-0.39, 0.29) is 24.5 Å². The van der Waals surface area contributed by atoms with Gasteiger partial charge in [0.2, 0.25) is 5.91 Å². The topological polar surface area (TPSA) is 79.6 Å². The molecule has 0 unspecified atom stereocenters. The predicted octanol–water partition coefficient (Wildman–Crippen LogP) is 2.33. The van der Waals surface area contributed by atoms with Gasteiger partial charge in [-0.2, -0.15) is 5.26 Å². The minimum absolute atomic E-state index is 0.104. The lowest BCUT2D eigenvalue weighted by Crippen LogP contribution is -2.53. The van der Waals surface area contributed by atoms with Crippen molar-refractivity contribution >= 4 is 11.7 Å². The Morgan fingerprint density at radius 1 is 1.21 bits per heavy atom. The van der Waals surface area contributed by atoms with Crippen LogP contribution in [-0.2, 0) is 4.79 Å². The predicted molar refractivity (Wildman–Crippen MR) is 86.0 cm³/mol. The zero-order chi connectivity index (χ0) is 17.2. The number of rotatable bonds is 5. The second-order valence-corrected chi connectivity index (χ2v) is 6.23. The Labute approximate surface area is 141 Å². The Balaban J connectivity index is 1.59. The molecule has 24 heavy (non-hydrogen) atoms. The van der Waals surface area contributed by atoms with Crippen LogP contribution in [0.1, 0.15) is 42.5 Å². The molecule has 1 amide bonds. The van der Waals surface area contributed by atoms with Crippen LogP contribution in [0, 0.1) is 11.3 Å². The van der Waals surface area contributed by atoms with Crippen LogP contribution in [-0.4, -0.2) is 42.4 Å². The van der Waals surface area contributed by atoms with Gasteiger partial charge in [-0.1, -0.05) is 0 Å². The Kier molecular flexibility index (Phi) is 4.43. The third-order valence-corrected chi connectivity index (χ3v) is 4.84. The number of fused-ring (bicyclic) bond motifs is 1. The van der Waals surface area contributed by atoms with Gasteiger partial charge in [0.15, 0.2) is 17.3 Å². The van der Waals surface area contributed by atoms with Crippen molar-refractivity contribution in [2.75, 3.05) is 20.3 Å². The van der Waals surface area contributed by atoms with Crippen molar-refractivity contribution in [3.63, 3.8) is 0 Å². The summed E-state index contributed by atoms with van der Waals surface area (Å²) < 4.78 is 10.9. The molecule has 6 nitrogen and oxygen atoms in total. The molecule has 1 heterocycles. The summed E-state index contributed by atoms with van der Waals surface area (Å²) in [6.45, 7) is 0.964. The van der Waals surface area contributed by atoms with Gasteiger partial charge in [0.1, 0.15) is 18.8 Å². The molecule has 2 aliphatic rings. The van der Waals surface area contributed by atoms with Gasteiger partial charge >= 0.3 is 0 Å². The van der Waals surface area contributed by atoms with Crippen molar-refractivity contribution in [3.8, 4) is 17.6 Å². The van der Waals surface area contributed by atoms with Crippen LogP contribution in [0.4, 0.5) is 0 Å². The summed E-state index contributed by atoms with van der Waals surface area (Å²) in [5.74, 6) is 0.915. The van der Waals surface area contributed by atoms with Crippen LogP contribution < -0.4 is 9.47 Å². The van der Waals surface area contributed by atoms with Crippen LogP contribution in [0.2, 0.25) is 0 Å². The molecule has 1 aliphatic carbocycles. The highest BCUT2D eigenvalue weighted by Crippen LogP contribution is 2.36. The molecule has 0 atom stereocenters. The zero-order valence-electron chi connectivity index (χ0n) is 13.7. The third kappa shape index (κ3) is 2.94. The highest BCUT2D eigenvalue weighted by molar-refractivity contribution is 5.98. The lowest BCUT2D eigenvalue weighted by molar-refractivity contribution is -0.136. The number of Topliss-reactive ketones (excluding diaryl/α,β-unsaturated/α-hetero) is 1. The van der Waals surface area contributed by atoms with Crippen molar-refractivity contribution < 1.29 is 19.1 Å². The molecule has 1 aromatic carbocycles. The Morgan fingerprint density at radius 3 is 2.54 bits per heavy atom. The lowest BCUT2D eigenvalue weighted by atomic mass is 9.76. The number of ketones is 1. The van der Waals surface area contributed by atoms with E-state index in [1.54, 1.807) is 25.2 Å². The maximum absolute atomic E-state index is 12.3. The first-order valence-electron chi connectivity index (χ1n) is 8.16. The number of carbonyl (C=O) groups excluding carboxylic acids is 2. The fourth-order valence-electron chi connectivity index (χ4n) is 3.02. The normalized spacial score (nSPS) is 17.3. The molecule has 0 saturated heterocycles. The molecule has 0 radical (unpaired) electrons. The van der Waals surface area contributed by atoms with Crippen LogP contribution in [0.3, 0.4) is 0 Å². The Bertz CT molecular complexity index is 703. The SMILES string of the molecule is CN(C(=O)CCC(=O)c1ccc2c(c1)OCCO2)C1(C#N)CCC1. The number of ether oxygens (including phenoxy) is 2. The number of nitrogens with zero attached hydrogens (tertiary/aromatic N) is 2. The summed E-state index contributed by atoms with van der Waals surface area (Å²) in [6, 6.07) is 7.30. The molecule has 0 spiro atoms. The Morgan fingerprint density at radius 2 is 1.92 bits per heavy atom. The number of nitriles is 1. The maximum Gasteiger partial charge on any atom is 0.224 e. The van der Waals surface area contributed by atoms with E-state index in [9.17, 15) is 14.9 Å². The lowest BCUT2D eigenvalue weighted by Gasteiger charge is -2.43. The molecular weight excluding hydrogens is 308 g/mol. The van der Waals surface area contributed by atoms with Crippen molar-refractivity contribution in [2.24, 2.45) is 0 Å². The molecule has 3 rings (SSSR count). The van der Waals surface area contributed by atoms with E-state index < -0.39 is 5.54 Å². The molecule has 0 bridgehead atoms. The fourth-order valence-corrected chi connectivity index (χ4v) is 3.02. The van der Waals surface area contributed by atoms with Gasteiger partial charge in [0.25, 0.3) is 0 Å². The first-order chi connectivity index (χ1) is 11.6. The van der Waals surface area contributed by atoms with Crippen molar-refractivity contribution in [1.29, 1.82) is 5.26 Å². The van der Waals surface area contributed by atoms with E-state index >= 15 is 0 Å². The van der Waals surface area contributed by atoms with Gasteiger partial charge in [-0.3, -0.25) is 9.59 Å². The summed E-state index contributed by atoms with van der Waals surface area (Å²) in [7, 11) is 1.65. The summed E-state index contributed by atoms with van der Waals surface area (Å²) in [4.78, 5) is 26.1. The summed E-state index contributed by atoms with van der Waals surface area (Å²) in [5.41, 5.74) is -0.162. The van der Waals surface area contributed by atoms with Gasteiger partial charge in [0, 0.05) is 25.5 Å². The Hall–Kier alpha value is -2.55. The summed E-state index contributed by atoms with van der Waals surface area (Å²) in [5, 5.41) is 9.29. The molecule has 0 aromatic heterocycles. The van der Waals surface area contributed by atoms with Crippen molar-refractivity contribution in [1.82, 2.24) is 4.90 Å². The van der Waals surface area contributed by atoms with Gasteiger partial charge in [0.05, 0.1) is 6.07 Å². The highest BCUT2D eigenvalue weighted by atomic mass is 16.6. The van der Waals surface area contributed by atoms with E-state index in [1.807, 2.05) is 0 Å². The first-order valence-corrected chi connectivity index (χ1v) is 8.16. The van der Waals surface area contributed by atoms with E-state index in [0.717, 1.165) is 6.42 Å². The largest absolute Gasteiger partial charge is 0.486 e. The quantitative estimate of drug-likeness (QED) is 0.775. The second kappa shape index (κ2) is 6.52. The molecule has 1 saturated carbocycles. The average Bonchev–Trinajstić information content (AvgIpc) is 2.58. The smallest absolute Gasteiger partial charge is 0.224 e. The zero-order valence-corrected chi connectivity index (χ0v) is 13.7. The standard InChI is InChI=1S/C18H20N2O4/c1-20(18(12-19)7-2-8-18)17(22)6-4-14(21)13-3-5-15-16(11-13)24-10-9-23-15/h3,5,11H,2,4,6-10H2,1H3. The van der Waals surface area contributed by atoms with Crippen LogP contribution in [0.25, 0.3) is 0 Å². The van der Waals surface area contributed by atoms with Crippen LogP contribution in [0.15, 0.2) is 18.2 Å². The van der Waals surface area contributed by atoms with E-state index in [1.165, 1.54) is 4.90 Å². The summed E-state index contributed by atoms with van der Waals surface area (Å²) >= 11 is 0. The van der Waals surface area contributed by atoms with Crippen LogP contribution in [0.5, 0.6) is 11.5 Å². The molecular formula is C18H20N2O4. The molecule has 1 fully saturated rings. The molecule has 1 aliphatic heterocycles. The maximum atomic E-state index is 12.3. The molecule has 1 aromatic rings. The highest BCUT2D eigenvalue weighted by Gasteiger charge is 2.43. The number of benzene rings is 1. The minimum Gasteiger partial charge on any atom is -0.486 e. The van der Waals surface area contributed by atoms with Gasteiger partial charge in [-0.15, -0.1) is 0 Å². The average molecular weight is 328 g/mol. The van der Waals surface area contributed by atoms with Crippen molar-refractivity contribution in [2.45, 2.75) is 37.6 Å². The molecule has 0 N–H and O–H groups in total. The van der Waals surface area contributed by atoms with Gasteiger partial charge in [-0.05, 0) is 37.5 Å². The third-order valence-electron chi connectivity index (χ3n) is 4.84. The fraction of sp³-hybridized carbons (Fsp3) is 0.500. The molecule has 6 heteroatoms. The number of hydrogen-bond donors (Lipinski definition) is 0. The van der Waals surface area contributed by atoms with E-state index in [4.69, 9.17) is 9.47 Å².